The van der Waals surface area contributed by atoms with Gasteiger partial charge in [0, 0.05) is 13.0 Å². The lowest BCUT2D eigenvalue weighted by Gasteiger charge is -2.20. The third-order valence-corrected chi connectivity index (χ3v) is 2.98. The predicted molar refractivity (Wildman–Crippen MR) is 71.7 cm³/mol. The number of hydrogen-bond acceptors (Lipinski definition) is 5. The van der Waals surface area contributed by atoms with E-state index in [2.05, 4.69) is 10.1 Å². The maximum absolute atomic E-state index is 11.2. The molecule has 2 atom stereocenters. The van der Waals surface area contributed by atoms with E-state index in [0.717, 1.165) is 5.56 Å². The molecule has 19 heavy (non-hydrogen) atoms. The molecule has 0 saturated heterocycles. The Hall–Kier alpha value is -1.43. The lowest BCUT2D eigenvalue weighted by molar-refractivity contribution is -0.140. The van der Waals surface area contributed by atoms with Crippen LogP contribution < -0.4 is 5.32 Å². The van der Waals surface area contributed by atoms with Crippen LogP contribution in [-0.2, 0) is 16.0 Å². The van der Waals surface area contributed by atoms with Crippen molar-refractivity contribution >= 4 is 5.97 Å². The minimum atomic E-state index is -0.971. The molecule has 0 aromatic heterocycles. The summed E-state index contributed by atoms with van der Waals surface area (Å²) < 4.78 is 4.60. The average Bonchev–Trinajstić information content (AvgIpc) is 2.44. The number of methoxy groups -OCH3 is 1. The Labute approximate surface area is 113 Å². The molecule has 1 rings (SSSR count). The van der Waals surface area contributed by atoms with Gasteiger partial charge in [0.1, 0.15) is 6.10 Å². The summed E-state index contributed by atoms with van der Waals surface area (Å²) in [6.45, 7) is 0.298. The maximum Gasteiger partial charge on any atom is 0.305 e. The van der Waals surface area contributed by atoms with Crippen LogP contribution in [-0.4, -0.2) is 43.0 Å². The fourth-order valence-electron chi connectivity index (χ4n) is 1.92. The van der Waals surface area contributed by atoms with Gasteiger partial charge in [0.2, 0.25) is 0 Å². The molecule has 0 heterocycles. The van der Waals surface area contributed by atoms with Crippen molar-refractivity contribution in [3.63, 3.8) is 0 Å². The van der Waals surface area contributed by atoms with E-state index >= 15 is 0 Å². The topological polar surface area (TPSA) is 78.8 Å². The number of aliphatic hydroxyl groups is 2. The summed E-state index contributed by atoms with van der Waals surface area (Å²) in [7, 11) is 3.05. The molecule has 0 aliphatic carbocycles. The monoisotopic (exact) mass is 267 g/mol. The van der Waals surface area contributed by atoms with Gasteiger partial charge in [-0.2, -0.15) is 0 Å². The van der Waals surface area contributed by atoms with Crippen molar-refractivity contribution in [1.29, 1.82) is 0 Å². The van der Waals surface area contributed by atoms with Gasteiger partial charge in [-0.3, -0.25) is 4.79 Å². The Bertz CT molecular complexity index is 408. The first-order valence-corrected chi connectivity index (χ1v) is 6.25. The minimum absolute atomic E-state index is 0.252. The molecule has 0 spiro atoms. The average molecular weight is 267 g/mol. The smallest absolute Gasteiger partial charge is 0.305 e. The van der Waals surface area contributed by atoms with E-state index in [-0.39, 0.29) is 12.4 Å². The zero-order valence-electron chi connectivity index (χ0n) is 11.3. The summed E-state index contributed by atoms with van der Waals surface area (Å²) in [6, 6.07) is 7.24. The lowest BCUT2D eigenvalue weighted by atomic mass is 9.96. The van der Waals surface area contributed by atoms with Crippen LogP contribution >= 0.6 is 0 Å². The molecule has 106 valence electrons. The van der Waals surface area contributed by atoms with E-state index in [9.17, 15) is 15.0 Å². The fraction of sp³-hybridized carbons (Fsp3) is 0.500. The number of nitrogens with one attached hydrogen (secondary N) is 1. The number of hydrogen-bond donors (Lipinski definition) is 3. The summed E-state index contributed by atoms with van der Waals surface area (Å²) in [5.41, 5.74) is 1.49. The van der Waals surface area contributed by atoms with Crippen molar-refractivity contribution < 1.29 is 19.7 Å². The molecule has 0 amide bonds. The van der Waals surface area contributed by atoms with E-state index < -0.39 is 12.2 Å². The highest BCUT2D eigenvalue weighted by atomic mass is 16.5. The zero-order chi connectivity index (χ0) is 14.3. The van der Waals surface area contributed by atoms with Crippen LogP contribution in [0.2, 0.25) is 0 Å². The normalized spacial score (nSPS) is 13.9. The highest BCUT2D eigenvalue weighted by molar-refractivity contribution is 5.69. The first-order chi connectivity index (χ1) is 9.10. The molecule has 0 saturated carbocycles. The molecule has 5 heteroatoms. The van der Waals surface area contributed by atoms with E-state index in [4.69, 9.17) is 0 Å². The Morgan fingerprint density at radius 3 is 2.68 bits per heavy atom. The number of carbonyl (C=O) groups excluding carboxylic acids is 1. The number of aliphatic hydroxyl groups excluding tert-OH is 2. The van der Waals surface area contributed by atoms with Crippen LogP contribution in [0.1, 0.15) is 23.7 Å². The third-order valence-electron chi connectivity index (χ3n) is 2.98. The van der Waals surface area contributed by atoms with Crippen LogP contribution in [0.5, 0.6) is 0 Å². The van der Waals surface area contributed by atoms with Gasteiger partial charge < -0.3 is 20.3 Å². The van der Waals surface area contributed by atoms with Gasteiger partial charge in [0.15, 0.2) is 0 Å². The van der Waals surface area contributed by atoms with Crippen molar-refractivity contribution in [2.45, 2.75) is 25.0 Å². The van der Waals surface area contributed by atoms with E-state index in [1.807, 2.05) is 12.1 Å². The second kappa shape index (κ2) is 7.89. The highest BCUT2D eigenvalue weighted by Crippen LogP contribution is 2.22. The summed E-state index contributed by atoms with van der Waals surface area (Å²) in [6.07, 6.45) is -1.13. The Balaban J connectivity index is 2.80. The molecule has 3 N–H and O–H groups in total. The second-order valence-corrected chi connectivity index (χ2v) is 4.34. The number of benzene rings is 1. The molecule has 5 nitrogen and oxygen atoms in total. The molecule has 2 unspecified atom stereocenters. The Morgan fingerprint density at radius 2 is 2.05 bits per heavy atom. The molecular weight excluding hydrogens is 246 g/mol. The van der Waals surface area contributed by atoms with Gasteiger partial charge in [0.25, 0.3) is 0 Å². The quantitative estimate of drug-likeness (QED) is 0.623. The zero-order valence-corrected chi connectivity index (χ0v) is 11.3. The lowest BCUT2D eigenvalue weighted by Crippen LogP contribution is -2.30. The van der Waals surface area contributed by atoms with Crippen LogP contribution in [0.3, 0.4) is 0 Å². The van der Waals surface area contributed by atoms with Crippen molar-refractivity contribution in [1.82, 2.24) is 5.32 Å². The third kappa shape index (κ3) is 4.63. The SMILES string of the molecule is CNCC(O)C(O)c1ccccc1CCC(=O)OC. The second-order valence-electron chi connectivity index (χ2n) is 4.34. The summed E-state index contributed by atoms with van der Waals surface area (Å²) in [5, 5.41) is 22.7. The van der Waals surface area contributed by atoms with Crippen molar-refractivity contribution in [3.8, 4) is 0 Å². The van der Waals surface area contributed by atoms with Gasteiger partial charge in [-0.25, -0.2) is 0 Å². The molecule has 0 aliphatic rings. The van der Waals surface area contributed by atoms with Gasteiger partial charge >= 0.3 is 5.97 Å². The van der Waals surface area contributed by atoms with Crippen LogP contribution in [0.4, 0.5) is 0 Å². The van der Waals surface area contributed by atoms with Crippen molar-refractivity contribution in [2.75, 3.05) is 20.7 Å². The van der Waals surface area contributed by atoms with E-state index in [1.165, 1.54) is 7.11 Å². The molecule has 0 aliphatic heterocycles. The number of likely N-dealkylation sites (N-methyl/N-ethyl adjacent to an activating group) is 1. The van der Waals surface area contributed by atoms with Gasteiger partial charge in [-0.05, 0) is 24.6 Å². The van der Waals surface area contributed by atoms with Crippen LogP contribution in [0, 0.1) is 0 Å². The largest absolute Gasteiger partial charge is 0.469 e. The van der Waals surface area contributed by atoms with Crippen molar-refractivity contribution in [2.24, 2.45) is 0 Å². The molecule has 0 fully saturated rings. The number of aryl methyl sites for hydroxylation is 1. The van der Waals surface area contributed by atoms with Gasteiger partial charge in [-0.15, -0.1) is 0 Å². The predicted octanol–water partition coefficient (Wildman–Crippen LogP) is 0.406. The molecule has 1 aromatic carbocycles. The molecule has 0 bridgehead atoms. The number of ether oxygens (including phenoxy) is 1. The fourth-order valence-corrected chi connectivity index (χ4v) is 1.92. The van der Waals surface area contributed by atoms with E-state index in [1.54, 1.807) is 19.2 Å². The maximum atomic E-state index is 11.2. The number of rotatable bonds is 7. The first kappa shape index (κ1) is 15.6. The number of carbonyl (C=O) groups is 1. The molecule has 0 radical (unpaired) electrons. The number of esters is 1. The first-order valence-electron chi connectivity index (χ1n) is 6.25. The van der Waals surface area contributed by atoms with Crippen molar-refractivity contribution in [3.05, 3.63) is 35.4 Å². The summed E-state index contributed by atoms with van der Waals surface area (Å²) >= 11 is 0. The van der Waals surface area contributed by atoms with Gasteiger partial charge in [0.05, 0.1) is 13.2 Å². The van der Waals surface area contributed by atoms with Crippen LogP contribution in [0.15, 0.2) is 24.3 Å². The summed E-state index contributed by atoms with van der Waals surface area (Å²) in [5.74, 6) is -0.292. The van der Waals surface area contributed by atoms with Crippen LogP contribution in [0.25, 0.3) is 0 Å². The van der Waals surface area contributed by atoms with E-state index in [0.29, 0.717) is 18.5 Å². The Morgan fingerprint density at radius 1 is 1.37 bits per heavy atom. The molecule has 1 aromatic rings. The summed E-state index contributed by atoms with van der Waals surface area (Å²) in [4.78, 5) is 11.2. The Kier molecular flexibility index (Phi) is 6.49. The highest BCUT2D eigenvalue weighted by Gasteiger charge is 2.20. The molecular formula is C14H21NO4. The minimum Gasteiger partial charge on any atom is -0.469 e. The standard InChI is InChI=1S/C14H21NO4/c1-15-9-12(16)14(18)11-6-4-3-5-10(11)7-8-13(17)19-2/h3-6,12,14-16,18H,7-9H2,1-2H3. The van der Waals surface area contributed by atoms with Gasteiger partial charge in [-0.1, -0.05) is 24.3 Å².